The van der Waals surface area contributed by atoms with Crippen LogP contribution in [-0.4, -0.2) is 13.9 Å². The summed E-state index contributed by atoms with van der Waals surface area (Å²) in [5.41, 5.74) is 0.482. The predicted octanol–water partition coefficient (Wildman–Crippen LogP) is 3.89. The molecule has 152 valence electrons. The lowest BCUT2D eigenvalue weighted by atomic mass is 9.50. The molecule has 29 heavy (non-hydrogen) atoms. The maximum absolute atomic E-state index is 13.8. The molecule has 0 amide bonds. The van der Waals surface area contributed by atoms with Gasteiger partial charge in [0, 0.05) is 11.8 Å². The van der Waals surface area contributed by atoms with Gasteiger partial charge in [0.15, 0.2) is 0 Å². The summed E-state index contributed by atoms with van der Waals surface area (Å²) in [4.78, 5) is 27.5. The molecule has 0 radical (unpaired) electrons. The van der Waals surface area contributed by atoms with Crippen LogP contribution in [0, 0.1) is 22.7 Å². The molecule has 0 unspecified atom stereocenters. The quantitative estimate of drug-likeness (QED) is 0.693. The molecule has 2 aromatic rings. The van der Waals surface area contributed by atoms with E-state index in [-0.39, 0.29) is 40.1 Å². The Labute approximate surface area is 171 Å². The van der Waals surface area contributed by atoms with Crippen LogP contribution >= 0.6 is 0 Å². The Hall–Kier alpha value is -2.56. The summed E-state index contributed by atoms with van der Waals surface area (Å²) in [5.74, 6) is 0.472. The monoisotopic (exact) mass is 391 g/mol. The lowest BCUT2D eigenvalue weighted by Gasteiger charge is -2.63. The molecule has 2 bridgehead atoms. The first-order valence-electron chi connectivity index (χ1n) is 10.4. The van der Waals surface area contributed by atoms with E-state index in [9.17, 15) is 9.59 Å². The zero-order chi connectivity index (χ0) is 20.9. The second-order valence-electron chi connectivity index (χ2n) is 10.8. The van der Waals surface area contributed by atoms with Crippen LogP contribution in [-0.2, 0) is 5.54 Å². The van der Waals surface area contributed by atoms with E-state index in [0.717, 1.165) is 0 Å². The van der Waals surface area contributed by atoms with Crippen LogP contribution in [0.5, 0.6) is 0 Å². The van der Waals surface area contributed by atoms with Gasteiger partial charge in [-0.2, -0.15) is 0 Å². The molecule has 4 atom stereocenters. The van der Waals surface area contributed by atoms with Gasteiger partial charge in [0.25, 0.3) is 0 Å². The standard InChI is InChI=1S/C24H29N3O2/c1-22(2,3)18-14-24(23(4,5)6)17-13-12-16(17)19(18)26-20(28)25(21(29)27(24)26)15-10-8-7-9-11-15/h7-14,16-17,19H,1-6H3/t16-,17+,19-,24+/m1/s1. The number of hydrogen-bond acceptors (Lipinski definition) is 2. The molecule has 3 heterocycles. The van der Waals surface area contributed by atoms with E-state index in [1.807, 2.05) is 30.3 Å². The summed E-state index contributed by atoms with van der Waals surface area (Å²) in [7, 11) is 0. The fraction of sp³-hybridized carbons (Fsp3) is 0.500. The van der Waals surface area contributed by atoms with Crippen molar-refractivity contribution in [1.82, 2.24) is 13.9 Å². The van der Waals surface area contributed by atoms with Gasteiger partial charge in [0.05, 0.1) is 17.3 Å². The van der Waals surface area contributed by atoms with Crippen molar-refractivity contribution >= 4 is 0 Å². The third kappa shape index (κ3) is 2.06. The number of aromatic nitrogens is 3. The molecule has 1 aromatic carbocycles. The molecule has 1 aromatic heterocycles. The third-order valence-corrected chi connectivity index (χ3v) is 7.19. The van der Waals surface area contributed by atoms with E-state index in [4.69, 9.17) is 0 Å². The number of nitrogens with zero attached hydrogens (tertiary/aromatic N) is 3. The molecule has 2 aliphatic heterocycles. The fourth-order valence-corrected chi connectivity index (χ4v) is 5.74. The van der Waals surface area contributed by atoms with Crippen molar-refractivity contribution in [2.24, 2.45) is 22.7 Å². The Kier molecular flexibility index (Phi) is 3.39. The van der Waals surface area contributed by atoms with Gasteiger partial charge in [0.1, 0.15) is 0 Å². The van der Waals surface area contributed by atoms with Crippen molar-refractivity contribution < 1.29 is 0 Å². The smallest absolute Gasteiger partial charge is 0.245 e. The van der Waals surface area contributed by atoms with Crippen LogP contribution in [0.15, 0.2) is 63.7 Å². The van der Waals surface area contributed by atoms with Gasteiger partial charge in [-0.3, -0.25) is 0 Å². The van der Waals surface area contributed by atoms with Crippen molar-refractivity contribution in [3.05, 3.63) is 75.1 Å². The minimum atomic E-state index is -0.569. The highest BCUT2D eigenvalue weighted by atomic mass is 16.2. The molecule has 5 heteroatoms. The van der Waals surface area contributed by atoms with Crippen LogP contribution in [0.1, 0.15) is 47.6 Å². The second-order valence-corrected chi connectivity index (χ2v) is 10.8. The molecule has 0 N–H and O–H groups in total. The summed E-state index contributed by atoms with van der Waals surface area (Å²) in [5, 5.41) is 0. The molecule has 4 aliphatic rings. The number of allylic oxidation sites excluding steroid dienone is 4. The number of para-hydroxylation sites is 1. The fourth-order valence-electron chi connectivity index (χ4n) is 5.74. The summed E-state index contributed by atoms with van der Waals surface area (Å²) in [6.45, 7) is 13.2. The lowest BCUT2D eigenvalue weighted by Crippen LogP contribution is -2.67. The zero-order valence-corrected chi connectivity index (χ0v) is 18.0. The van der Waals surface area contributed by atoms with Crippen molar-refractivity contribution in [1.29, 1.82) is 0 Å². The molecule has 0 saturated heterocycles. The van der Waals surface area contributed by atoms with Crippen molar-refractivity contribution in [2.45, 2.75) is 53.1 Å². The first-order chi connectivity index (χ1) is 13.5. The molecule has 0 saturated carbocycles. The minimum absolute atomic E-state index is 0.0921. The van der Waals surface area contributed by atoms with Gasteiger partial charge in [-0.05, 0) is 28.5 Å². The summed E-state index contributed by atoms with van der Waals surface area (Å²) in [6, 6.07) is 9.16. The molecule has 0 fully saturated rings. The molecule has 2 aliphatic carbocycles. The van der Waals surface area contributed by atoms with Gasteiger partial charge in [-0.1, -0.05) is 78.0 Å². The molecule has 5 nitrogen and oxygen atoms in total. The third-order valence-electron chi connectivity index (χ3n) is 7.19. The van der Waals surface area contributed by atoms with Crippen molar-refractivity contribution in [3.8, 4) is 5.69 Å². The summed E-state index contributed by atoms with van der Waals surface area (Å²) in [6.07, 6.45) is 6.80. The predicted molar refractivity (Wildman–Crippen MR) is 114 cm³/mol. The van der Waals surface area contributed by atoms with Crippen LogP contribution < -0.4 is 11.4 Å². The summed E-state index contributed by atoms with van der Waals surface area (Å²) < 4.78 is 4.90. The molecule has 6 rings (SSSR count). The average molecular weight is 392 g/mol. The van der Waals surface area contributed by atoms with E-state index in [1.165, 1.54) is 10.1 Å². The van der Waals surface area contributed by atoms with Gasteiger partial charge in [-0.15, -0.1) is 0 Å². The van der Waals surface area contributed by atoms with E-state index in [2.05, 4.69) is 59.8 Å². The summed E-state index contributed by atoms with van der Waals surface area (Å²) >= 11 is 0. The highest BCUT2D eigenvalue weighted by Gasteiger charge is 2.64. The second kappa shape index (κ2) is 5.32. The van der Waals surface area contributed by atoms with Crippen molar-refractivity contribution in [2.75, 3.05) is 0 Å². The van der Waals surface area contributed by atoms with E-state index in [0.29, 0.717) is 5.69 Å². The first kappa shape index (κ1) is 18.5. The van der Waals surface area contributed by atoms with E-state index in [1.54, 1.807) is 9.36 Å². The average Bonchev–Trinajstić information content (AvgIpc) is 2.86. The SMILES string of the molecule is CC(C)(C)C1=C[C@@]2(C(C)(C)C)[C@H]3C=C[C@H]3[C@H]1n1c(=O)n(-c3ccccc3)c(=O)n12. The van der Waals surface area contributed by atoms with E-state index < -0.39 is 5.54 Å². The van der Waals surface area contributed by atoms with Gasteiger partial charge >= 0.3 is 11.4 Å². The molecular weight excluding hydrogens is 362 g/mol. The largest absolute Gasteiger partial charge is 0.352 e. The highest BCUT2D eigenvalue weighted by molar-refractivity contribution is 5.42. The maximum Gasteiger partial charge on any atom is 0.352 e. The Balaban J connectivity index is 1.92. The molecular formula is C24H29N3O2. The van der Waals surface area contributed by atoms with Crippen molar-refractivity contribution in [3.63, 3.8) is 0 Å². The van der Waals surface area contributed by atoms with Crippen LogP contribution in [0.25, 0.3) is 5.69 Å². The Bertz CT molecular complexity index is 1180. The zero-order valence-electron chi connectivity index (χ0n) is 18.0. The Morgan fingerprint density at radius 1 is 0.897 bits per heavy atom. The first-order valence-corrected chi connectivity index (χ1v) is 10.4. The van der Waals surface area contributed by atoms with Gasteiger partial charge < -0.3 is 0 Å². The molecule has 0 spiro atoms. The lowest BCUT2D eigenvalue weighted by molar-refractivity contribution is -0.0372. The van der Waals surface area contributed by atoms with Crippen LogP contribution in [0.2, 0.25) is 0 Å². The van der Waals surface area contributed by atoms with Gasteiger partial charge in [-0.25, -0.2) is 23.5 Å². The normalized spacial score (nSPS) is 29.9. The number of hydrogen-bond donors (Lipinski definition) is 0. The number of rotatable bonds is 1. The van der Waals surface area contributed by atoms with Gasteiger partial charge in [0.2, 0.25) is 0 Å². The highest BCUT2D eigenvalue weighted by Crippen LogP contribution is 2.63. The van der Waals surface area contributed by atoms with E-state index >= 15 is 0 Å². The van der Waals surface area contributed by atoms with Crippen LogP contribution in [0.4, 0.5) is 0 Å². The maximum atomic E-state index is 13.8. The minimum Gasteiger partial charge on any atom is -0.245 e. The topological polar surface area (TPSA) is 48.9 Å². The Morgan fingerprint density at radius 3 is 2.07 bits per heavy atom. The van der Waals surface area contributed by atoms with Crippen LogP contribution in [0.3, 0.4) is 0 Å². The Morgan fingerprint density at radius 2 is 1.55 bits per heavy atom. The number of benzene rings is 1.